The zero-order valence-corrected chi connectivity index (χ0v) is 18.5. The summed E-state index contributed by atoms with van der Waals surface area (Å²) in [6, 6.07) is 13.4. The fourth-order valence-corrected chi connectivity index (χ4v) is 5.01. The molecule has 6 heteroatoms. The Balaban J connectivity index is 1.59. The fourth-order valence-electron chi connectivity index (χ4n) is 5.01. The molecule has 3 aromatic rings. The maximum atomic E-state index is 13.6. The molecule has 5 rings (SSSR count). The Hall–Kier alpha value is -3.41. The first-order valence-electron chi connectivity index (χ1n) is 11.3. The molecule has 1 aliphatic carbocycles. The molecule has 2 amide bonds. The van der Waals surface area contributed by atoms with Crippen LogP contribution in [-0.4, -0.2) is 34.8 Å². The van der Waals surface area contributed by atoms with E-state index in [0.717, 1.165) is 42.2 Å². The number of aryl methyl sites for hydroxylation is 1. The minimum absolute atomic E-state index is 0.0557. The summed E-state index contributed by atoms with van der Waals surface area (Å²) in [4.78, 5) is 33.6. The normalized spacial score (nSPS) is 16.3. The monoisotopic (exact) mass is 429 g/mol. The minimum Gasteiger partial charge on any atom is -0.495 e. The third kappa shape index (κ3) is 3.49. The summed E-state index contributed by atoms with van der Waals surface area (Å²) in [5, 5.41) is 3.79. The van der Waals surface area contributed by atoms with Crippen molar-refractivity contribution >= 4 is 28.4 Å². The Morgan fingerprint density at radius 1 is 1.12 bits per heavy atom. The van der Waals surface area contributed by atoms with E-state index in [2.05, 4.69) is 10.3 Å². The van der Waals surface area contributed by atoms with Crippen LogP contribution >= 0.6 is 0 Å². The van der Waals surface area contributed by atoms with E-state index < -0.39 is 0 Å². The molecule has 2 heterocycles. The van der Waals surface area contributed by atoms with Crippen molar-refractivity contribution in [2.24, 2.45) is 0 Å². The van der Waals surface area contributed by atoms with Crippen LogP contribution in [0.2, 0.25) is 0 Å². The van der Waals surface area contributed by atoms with Crippen LogP contribution in [0.15, 0.2) is 42.5 Å². The lowest BCUT2D eigenvalue weighted by atomic mass is 9.94. The van der Waals surface area contributed by atoms with Gasteiger partial charge in [-0.25, -0.2) is 4.98 Å². The number of methoxy groups -OCH3 is 1. The number of fused-ring (bicyclic) bond motifs is 2. The summed E-state index contributed by atoms with van der Waals surface area (Å²) in [6.07, 6.45) is 5.53. The molecule has 0 atom stereocenters. The van der Waals surface area contributed by atoms with Crippen LogP contribution in [0, 0.1) is 6.92 Å². The number of nitrogens with one attached hydrogen (secondary N) is 1. The molecular weight excluding hydrogens is 402 g/mol. The molecule has 1 aromatic heterocycles. The molecule has 0 bridgehead atoms. The molecule has 0 saturated heterocycles. The van der Waals surface area contributed by atoms with Gasteiger partial charge in [-0.1, -0.05) is 43.5 Å². The highest BCUT2D eigenvalue weighted by Gasteiger charge is 2.38. The molecule has 1 saturated carbocycles. The first kappa shape index (κ1) is 20.5. The number of carbonyl (C=O) groups excluding carboxylic acids is 2. The van der Waals surface area contributed by atoms with Crippen LogP contribution in [0.4, 0.5) is 5.69 Å². The van der Waals surface area contributed by atoms with Crippen molar-refractivity contribution in [3.63, 3.8) is 0 Å². The van der Waals surface area contributed by atoms with Gasteiger partial charge < -0.3 is 15.0 Å². The average molecular weight is 430 g/mol. The van der Waals surface area contributed by atoms with Crippen LogP contribution in [-0.2, 0) is 6.54 Å². The highest BCUT2D eigenvalue weighted by molar-refractivity contribution is 6.16. The number of benzene rings is 2. The van der Waals surface area contributed by atoms with Crippen molar-refractivity contribution in [1.29, 1.82) is 0 Å². The lowest BCUT2D eigenvalue weighted by molar-refractivity contribution is 0.0655. The first-order valence-corrected chi connectivity index (χ1v) is 11.3. The van der Waals surface area contributed by atoms with Crippen LogP contribution in [0.1, 0.15) is 64.1 Å². The van der Waals surface area contributed by atoms with Gasteiger partial charge in [-0.05, 0) is 43.5 Å². The summed E-state index contributed by atoms with van der Waals surface area (Å²) in [5.41, 5.74) is 3.96. The molecular formula is C26H27N3O3. The summed E-state index contributed by atoms with van der Waals surface area (Å²) >= 11 is 0. The summed E-state index contributed by atoms with van der Waals surface area (Å²) in [7, 11) is 1.58. The zero-order chi connectivity index (χ0) is 22.2. The number of carbonyl (C=O) groups is 2. The minimum atomic E-state index is -0.248. The number of nitrogens with zero attached hydrogens (tertiary/aromatic N) is 2. The summed E-state index contributed by atoms with van der Waals surface area (Å²) < 4.78 is 5.44. The van der Waals surface area contributed by atoms with Gasteiger partial charge in [0.1, 0.15) is 11.4 Å². The number of rotatable bonds is 4. The van der Waals surface area contributed by atoms with Crippen molar-refractivity contribution < 1.29 is 14.3 Å². The number of para-hydroxylation sites is 1. The zero-order valence-electron chi connectivity index (χ0n) is 18.5. The van der Waals surface area contributed by atoms with Gasteiger partial charge >= 0.3 is 0 Å². The van der Waals surface area contributed by atoms with Gasteiger partial charge in [0.15, 0.2) is 0 Å². The van der Waals surface area contributed by atoms with Crippen molar-refractivity contribution in [1.82, 2.24) is 9.88 Å². The van der Waals surface area contributed by atoms with Gasteiger partial charge in [-0.15, -0.1) is 0 Å². The third-order valence-electron chi connectivity index (χ3n) is 6.63. The Morgan fingerprint density at radius 3 is 2.69 bits per heavy atom. The molecule has 2 aromatic carbocycles. The number of anilines is 1. The van der Waals surface area contributed by atoms with Gasteiger partial charge in [0.05, 0.1) is 23.9 Å². The van der Waals surface area contributed by atoms with E-state index in [9.17, 15) is 9.59 Å². The smallest absolute Gasteiger partial charge is 0.273 e. The lowest BCUT2D eigenvalue weighted by Crippen LogP contribution is -2.37. The first-order chi connectivity index (χ1) is 15.6. The second kappa shape index (κ2) is 8.26. The summed E-state index contributed by atoms with van der Waals surface area (Å²) in [6.45, 7) is 2.40. The number of aromatic nitrogens is 1. The maximum Gasteiger partial charge on any atom is 0.273 e. The number of hydrogen-bond donors (Lipinski definition) is 1. The number of amides is 2. The van der Waals surface area contributed by atoms with Gasteiger partial charge in [-0.2, -0.15) is 0 Å². The second-order valence-electron chi connectivity index (χ2n) is 8.71. The predicted molar refractivity (Wildman–Crippen MR) is 124 cm³/mol. The standard InChI is InChI=1S/C26H27N3O3/c1-16-12-13-22(32-2)21(14-16)28-25(30)23-18-10-6-7-11-20(18)27-24-19(23)15-29(26(24)31)17-8-4-3-5-9-17/h6-7,10-14,17H,3-5,8-9,15H2,1-2H3,(H,28,30). The number of pyridine rings is 1. The third-order valence-corrected chi connectivity index (χ3v) is 6.63. The molecule has 0 radical (unpaired) electrons. The van der Waals surface area contributed by atoms with E-state index in [1.807, 2.05) is 54.3 Å². The Labute approximate surface area is 187 Å². The number of hydrogen-bond acceptors (Lipinski definition) is 4. The molecule has 1 aliphatic heterocycles. The van der Waals surface area contributed by atoms with Crippen molar-refractivity contribution in [2.45, 2.75) is 51.6 Å². The Bertz CT molecular complexity index is 1210. The van der Waals surface area contributed by atoms with E-state index >= 15 is 0 Å². The quantitative estimate of drug-likeness (QED) is 0.627. The molecule has 164 valence electrons. The Kier molecular flexibility index (Phi) is 5.29. The largest absolute Gasteiger partial charge is 0.495 e. The van der Waals surface area contributed by atoms with Crippen LogP contribution in [0.25, 0.3) is 10.9 Å². The van der Waals surface area contributed by atoms with Crippen LogP contribution in [0.3, 0.4) is 0 Å². The highest BCUT2D eigenvalue weighted by Crippen LogP contribution is 2.35. The average Bonchev–Trinajstić information content (AvgIpc) is 3.14. The maximum absolute atomic E-state index is 13.6. The van der Waals surface area contributed by atoms with E-state index in [4.69, 9.17) is 4.74 Å². The van der Waals surface area contributed by atoms with Gasteiger partial charge in [0.25, 0.3) is 11.8 Å². The van der Waals surface area contributed by atoms with Gasteiger partial charge in [0.2, 0.25) is 0 Å². The van der Waals surface area contributed by atoms with Crippen molar-refractivity contribution in [3.05, 3.63) is 64.8 Å². The Morgan fingerprint density at radius 2 is 1.91 bits per heavy atom. The van der Waals surface area contributed by atoms with Crippen LogP contribution in [0.5, 0.6) is 5.75 Å². The molecule has 0 unspecified atom stereocenters. The molecule has 1 fully saturated rings. The van der Waals surface area contributed by atoms with Crippen LogP contribution < -0.4 is 10.1 Å². The summed E-state index contributed by atoms with van der Waals surface area (Å²) in [5.74, 6) is 0.292. The predicted octanol–water partition coefficient (Wildman–Crippen LogP) is 5.09. The topological polar surface area (TPSA) is 71.5 Å². The van der Waals surface area contributed by atoms with Gasteiger partial charge in [-0.3, -0.25) is 9.59 Å². The van der Waals surface area contributed by atoms with Crippen molar-refractivity contribution in [3.8, 4) is 5.75 Å². The molecule has 0 spiro atoms. The highest BCUT2D eigenvalue weighted by atomic mass is 16.5. The number of ether oxygens (including phenoxy) is 1. The van der Waals surface area contributed by atoms with E-state index in [0.29, 0.717) is 34.8 Å². The molecule has 6 nitrogen and oxygen atoms in total. The van der Waals surface area contributed by atoms with E-state index in [-0.39, 0.29) is 17.9 Å². The lowest BCUT2D eigenvalue weighted by Gasteiger charge is -2.30. The van der Waals surface area contributed by atoms with E-state index in [1.54, 1.807) is 7.11 Å². The SMILES string of the molecule is COc1ccc(C)cc1NC(=O)c1c2c(nc3ccccc13)C(=O)N(C1CCCCC1)C2. The van der Waals surface area contributed by atoms with E-state index in [1.165, 1.54) is 6.42 Å². The molecule has 2 aliphatic rings. The molecule has 32 heavy (non-hydrogen) atoms. The van der Waals surface area contributed by atoms with Gasteiger partial charge in [0, 0.05) is 23.5 Å². The van der Waals surface area contributed by atoms with Crippen molar-refractivity contribution in [2.75, 3.05) is 12.4 Å². The molecule has 1 N–H and O–H groups in total. The fraction of sp³-hybridized carbons (Fsp3) is 0.346. The second-order valence-corrected chi connectivity index (χ2v) is 8.71.